The molecule has 0 atom stereocenters. The van der Waals surface area contributed by atoms with Crippen LogP contribution in [-0.4, -0.2) is 25.5 Å². The molecular weight excluding hydrogens is 363 g/mol. The number of anilines is 1. The molecule has 148 valence electrons. The molecule has 0 unspecified atom stereocenters. The molecule has 0 aliphatic rings. The monoisotopic (exact) mass is 392 g/mol. The molecule has 0 saturated carbocycles. The summed E-state index contributed by atoms with van der Waals surface area (Å²) in [5, 5.41) is 2.58. The molecule has 0 fully saturated rings. The highest BCUT2D eigenvalue weighted by Gasteiger charge is 2.12. The van der Waals surface area contributed by atoms with Crippen molar-refractivity contribution in [1.29, 1.82) is 0 Å². The first-order chi connectivity index (χ1) is 12.8. The first-order valence-corrected chi connectivity index (χ1v) is 9.75. The van der Waals surface area contributed by atoms with E-state index in [0.717, 1.165) is 29.1 Å². The lowest BCUT2D eigenvalue weighted by atomic mass is 10.0. The van der Waals surface area contributed by atoms with Crippen molar-refractivity contribution in [2.24, 2.45) is 11.7 Å². The molecule has 2 aromatic carbocycles. The summed E-state index contributed by atoms with van der Waals surface area (Å²) in [7, 11) is 3.30. The molecule has 2 rings (SSSR count). The molecule has 2 aromatic rings. The average Bonchev–Trinajstić information content (AvgIpc) is 2.67. The van der Waals surface area contributed by atoms with Crippen LogP contribution >= 0.6 is 11.8 Å². The van der Waals surface area contributed by atoms with Crippen LogP contribution in [0, 0.1) is 5.82 Å². The van der Waals surface area contributed by atoms with Crippen LogP contribution in [0.25, 0.3) is 0 Å². The molecule has 0 saturated heterocycles. The number of rotatable bonds is 7. The zero-order chi connectivity index (χ0) is 20.4. The van der Waals surface area contributed by atoms with Gasteiger partial charge in [-0.3, -0.25) is 9.80 Å². The fourth-order valence-electron chi connectivity index (χ4n) is 2.48. The van der Waals surface area contributed by atoms with Gasteiger partial charge in [-0.05, 0) is 47.7 Å². The van der Waals surface area contributed by atoms with E-state index in [1.165, 1.54) is 29.9 Å². The van der Waals surface area contributed by atoms with E-state index in [4.69, 9.17) is 11.7 Å². The number of amides is 1. The minimum atomic E-state index is -0.154. The second-order valence-electron chi connectivity index (χ2n) is 6.06. The molecule has 1 amide bonds. The van der Waals surface area contributed by atoms with E-state index in [1.54, 1.807) is 11.1 Å². The number of halogens is 1. The predicted octanol–water partition coefficient (Wildman–Crippen LogP) is 3.50. The molecule has 27 heavy (non-hydrogen) atoms. The second-order valence-corrected chi connectivity index (χ2v) is 7.07. The normalized spacial score (nSPS) is 10.0. The van der Waals surface area contributed by atoms with Crippen molar-refractivity contribution in [3.8, 4) is 0 Å². The zero-order valence-corrected chi connectivity index (χ0v) is 17.2. The van der Waals surface area contributed by atoms with Gasteiger partial charge in [0.1, 0.15) is 5.82 Å². The number of benzene rings is 2. The van der Waals surface area contributed by atoms with E-state index in [-0.39, 0.29) is 5.82 Å². The summed E-state index contributed by atoms with van der Waals surface area (Å²) >= 11 is 1.53. The first kappa shape index (κ1) is 23.0. The van der Waals surface area contributed by atoms with Crippen LogP contribution in [0.1, 0.15) is 30.5 Å². The number of aryl methyl sites for hydroxylation is 2. The summed E-state index contributed by atoms with van der Waals surface area (Å²) < 4.78 is 14.0. The Kier molecular flexibility index (Phi) is 9.85. The number of hydrogen-bond donors (Lipinski definition) is 2. The summed E-state index contributed by atoms with van der Waals surface area (Å²) in [6.45, 7) is 4.21. The summed E-state index contributed by atoms with van der Waals surface area (Å²) in [6.07, 6.45) is 2.38. The Labute approximate surface area is 165 Å². The fraction of sp³-hybridized carbons (Fsp3) is 0.350. The molecule has 0 aliphatic heterocycles. The van der Waals surface area contributed by atoms with Crippen molar-refractivity contribution in [2.75, 3.05) is 19.1 Å². The first-order valence-electron chi connectivity index (χ1n) is 8.77. The third-order valence-corrected chi connectivity index (χ3v) is 5.01. The second kappa shape index (κ2) is 11.6. The maximum Gasteiger partial charge on any atom is 0.223 e. The highest BCUT2D eigenvalue weighted by atomic mass is 32.2. The largest absolute Gasteiger partial charge is 0.314 e. The maximum absolute atomic E-state index is 14.0. The Morgan fingerprint density at radius 1 is 1.11 bits per heavy atom. The minimum absolute atomic E-state index is 0.154. The SMILES string of the molecule is CCc1ccc(F)c(SCc2c(CC)cccc2N(C)N)c1.CN(N)C=O. The van der Waals surface area contributed by atoms with E-state index in [0.29, 0.717) is 17.1 Å². The summed E-state index contributed by atoms with van der Waals surface area (Å²) in [5.74, 6) is 11.2. The lowest BCUT2D eigenvalue weighted by molar-refractivity contribution is -0.117. The summed E-state index contributed by atoms with van der Waals surface area (Å²) in [6, 6.07) is 11.5. The topological polar surface area (TPSA) is 75.6 Å². The van der Waals surface area contributed by atoms with Gasteiger partial charge in [0, 0.05) is 24.7 Å². The van der Waals surface area contributed by atoms with E-state index in [1.807, 2.05) is 31.3 Å². The minimum Gasteiger partial charge on any atom is -0.314 e. The number of nitrogens with zero attached hydrogens (tertiary/aromatic N) is 2. The van der Waals surface area contributed by atoms with Gasteiger partial charge < -0.3 is 5.01 Å². The number of hydrogen-bond acceptors (Lipinski definition) is 5. The smallest absolute Gasteiger partial charge is 0.223 e. The van der Waals surface area contributed by atoms with Gasteiger partial charge in [0.25, 0.3) is 0 Å². The Bertz CT molecular complexity index is 738. The molecule has 0 bridgehead atoms. The maximum atomic E-state index is 14.0. The van der Waals surface area contributed by atoms with Crippen molar-refractivity contribution >= 4 is 23.9 Å². The molecule has 0 aliphatic carbocycles. The molecule has 0 radical (unpaired) electrons. The molecule has 5 nitrogen and oxygen atoms in total. The Morgan fingerprint density at radius 2 is 1.78 bits per heavy atom. The van der Waals surface area contributed by atoms with Gasteiger partial charge in [0.15, 0.2) is 0 Å². The molecular formula is C20H29FN4OS. The van der Waals surface area contributed by atoms with Gasteiger partial charge in [0.05, 0.1) is 5.69 Å². The third kappa shape index (κ3) is 7.21. The standard InChI is InChI=1S/C18H23FN2S.C2H6N2O/c1-4-13-9-10-16(19)18(11-13)22-12-15-14(5-2)7-6-8-17(15)21(3)20;1-4(3)2-5/h6-11H,4-5,12,20H2,1-3H3;2H,3H2,1H3. The van der Waals surface area contributed by atoms with Crippen LogP contribution in [0.2, 0.25) is 0 Å². The van der Waals surface area contributed by atoms with E-state index >= 15 is 0 Å². The van der Waals surface area contributed by atoms with Gasteiger partial charge in [-0.15, -0.1) is 11.8 Å². The Hall–Kier alpha value is -2.09. The van der Waals surface area contributed by atoms with Crippen molar-refractivity contribution in [1.82, 2.24) is 5.01 Å². The summed E-state index contributed by atoms with van der Waals surface area (Å²) in [5.41, 5.74) is 4.60. The average molecular weight is 393 g/mol. The van der Waals surface area contributed by atoms with E-state index in [9.17, 15) is 9.18 Å². The molecule has 0 aromatic heterocycles. The van der Waals surface area contributed by atoms with Crippen molar-refractivity contribution < 1.29 is 9.18 Å². The van der Waals surface area contributed by atoms with Crippen LogP contribution in [0.4, 0.5) is 10.1 Å². The lowest BCUT2D eigenvalue weighted by Gasteiger charge is -2.19. The highest BCUT2D eigenvalue weighted by molar-refractivity contribution is 7.98. The molecule has 4 N–H and O–H groups in total. The number of nitrogens with two attached hydrogens (primary N) is 2. The van der Waals surface area contributed by atoms with Crippen LogP contribution < -0.4 is 16.7 Å². The Morgan fingerprint density at radius 3 is 2.30 bits per heavy atom. The predicted molar refractivity (Wildman–Crippen MR) is 112 cm³/mol. The van der Waals surface area contributed by atoms with E-state index in [2.05, 4.69) is 19.9 Å². The van der Waals surface area contributed by atoms with Crippen LogP contribution in [0.3, 0.4) is 0 Å². The third-order valence-electron chi connectivity index (χ3n) is 3.95. The van der Waals surface area contributed by atoms with Crippen LogP contribution in [0.15, 0.2) is 41.3 Å². The summed E-state index contributed by atoms with van der Waals surface area (Å²) in [4.78, 5) is 10.0. The molecule has 0 heterocycles. The van der Waals surface area contributed by atoms with Gasteiger partial charge in [-0.25, -0.2) is 16.1 Å². The van der Waals surface area contributed by atoms with E-state index < -0.39 is 0 Å². The molecule has 0 spiro atoms. The quantitative estimate of drug-likeness (QED) is 0.248. The van der Waals surface area contributed by atoms with Crippen molar-refractivity contribution in [3.63, 3.8) is 0 Å². The van der Waals surface area contributed by atoms with Gasteiger partial charge in [0.2, 0.25) is 6.41 Å². The molecule has 7 heteroatoms. The number of carbonyl (C=O) groups is 1. The fourth-order valence-corrected chi connectivity index (χ4v) is 3.55. The van der Waals surface area contributed by atoms with Gasteiger partial charge in [-0.2, -0.15) is 0 Å². The highest BCUT2D eigenvalue weighted by Crippen LogP contribution is 2.32. The van der Waals surface area contributed by atoms with Crippen molar-refractivity contribution in [3.05, 3.63) is 58.9 Å². The Balaban J connectivity index is 0.000000646. The van der Waals surface area contributed by atoms with Crippen LogP contribution in [0.5, 0.6) is 0 Å². The van der Waals surface area contributed by atoms with Crippen LogP contribution in [-0.2, 0) is 23.4 Å². The van der Waals surface area contributed by atoms with Gasteiger partial charge >= 0.3 is 0 Å². The van der Waals surface area contributed by atoms with Crippen molar-refractivity contribution in [2.45, 2.75) is 37.3 Å². The lowest BCUT2D eigenvalue weighted by Crippen LogP contribution is -2.26. The number of thioether (sulfide) groups is 1. The number of hydrazine groups is 2. The number of carbonyl (C=O) groups excluding carboxylic acids is 1. The zero-order valence-electron chi connectivity index (χ0n) is 16.4. The van der Waals surface area contributed by atoms with Gasteiger partial charge in [-0.1, -0.05) is 32.0 Å².